The summed E-state index contributed by atoms with van der Waals surface area (Å²) in [6, 6.07) is 4.66. The number of hydrogen-bond donors (Lipinski definition) is 1. The van der Waals surface area contributed by atoms with Gasteiger partial charge in [0.25, 0.3) is 5.91 Å². The highest BCUT2D eigenvalue weighted by Crippen LogP contribution is 2.32. The summed E-state index contributed by atoms with van der Waals surface area (Å²) in [6.07, 6.45) is 2.93. The lowest BCUT2D eigenvalue weighted by Crippen LogP contribution is -2.44. The van der Waals surface area contributed by atoms with E-state index in [1.54, 1.807) is 12.1 Å². The van der Waals surface area contributed by atoms with Crippen LogP contribution in [-0.4, -0.2) is 94.9 Å². The summed E-state index contributed by atoms with van der Waals surface area (Å²) in [5.74, 6) is 0.609. The third-order valence-corrected chi connectivity index (χ3v) is 8.51. The molecule has 2 atom stereocenters. The van der Waals surface area contributed by atoms with E-state index in [0.717, 1.165) is 52.0 Å². The fourth-order valence-corrected chi connectivity index (χ4v) is 6.66. The first-order valence-corrected chi connectivity index (χ1v) is 13.5. The van der Waals surface area contributed by atoms with Crippen molar-refractivity contribution in [2.75, 3.05) is 66.5 Å². The molecule has 1 N–H and O–H groups in total. The van der Waals surface area contributed by atoms with Gasteiger partial charge < -0.3 is 19.9 Å². The van der Waals surface area contributed by atoms with Gasteiger partial charge in [0.2, 0.25) is 10.0 Å². The first kappa shape index (κ1) is 25.9. The first-order valence-electron chi connectivity index (χ1n) is 12.1. The van der Waals surface area contributed by atoms with Gasteiger partial charge in [0, 0.05) is 51.4 Å². The van der Waals surface area contributed by atoms with Crippen LogP contribution in [0.25, 0.3) is 0 Å². The van der Waals surface area contributed by atoms with Crippen molar-refractivity contribution in [1.82, 2.24) is 19.4 Å². The summed E-state index contributed by atoms with van der Waals surface area (Å²) in [4.78, 5) is 17.6. The highest BCUT2D eigenvalue weighted by molar-refractivity contribution is 7.89. The number of carbonyl (C=O) groups excluding carboxylic acids is 1. The number of hydrogen-bond acceptors (Lipinski definition) is 6. The molecule has 1 aromatic rings. The predicted octanol–water partition coefficient (Wildman–Crippen LogP) is 2.12. The number of carbonyl (C=O) groups is 1. The van der Waals surface area contributed by atoms with Crippen molar-refractivity contribution >= 4 is 15.9 Å². The van der Waals surface area contributed by atoms with E-state index >= 15 is 0 Å². The number of benzene rings is 1. The Morgan fingerprint density at radius 2 is 1.76 bits per heavy atom. The Balaban J connectivity index is 1.58. The van der Waals surface area contributed by atoms with E-state index in [1.165, 1.54) is 17.5 Å². The van der Waals surface area contributed by atoms with Gasteiger partial charge in [0.1, 0.15) is 10.6 Å². The summed E-state index contributed by atoms with van der Waals surface area (Å²) in [7, 11) is -0.149. The van der Waals surface area contributed by atoms with Crippen molar-refractivity contribution in [3.05, 3.63) is 23.8 Å². The molecule has 33 heavy (non-hydrogen) atoms. The average Bonchev–Trinajstić information content (AvgIpc) is 2.78. The van der Waals surface area contributed by atoms with E-state index in [9.17, 15) is 13.2 Å². The molecule has 8 nitrogen and oxygen atoms in total. The molecule has 9 heteroatoms. The molecule has 1 aromatic carbocycles. The van der Waals surface area contributed by atoms with Crippen LogP contribution in [0.15, 0.2) is 23.1 Å². The Bertz CT molecular complexity index is 890. The average molecular weight is 481 g/mol. The summed E-state index contributed by atoms with van der Waals surface area (Å²) >= 11 is 0. The van der Waals surface area contributed by atoms with Crippen LogP contribution in [0, 0.1) is 11.8 Å². The second-order valence-corrected chi connectivity index (χ2v) is 11.6. The van der Waals surface area contributed by atoms with E-state index in [2.05, 4.69) is 36.0 Å². The number of piperazine rings is 1. The highest BCUT2D eigenvalue weighted by atomic mass is 32.2. The molecular weight excluding hydrogens is 440 g/mol. The van der Waals surface area contributed by atoms with Crippen molar-refractivity contribution in [3.63, 3.8) is 0 Å². The molecule has 0 aromatic heterocycles. The van der Waals surface area contributed by atoms with Crippen LogP contribution in [0.5, 0.6) is 5.75 Å². The number of ether oxygens (including phenoxy) is 1. The van der Waals surface area contributed by atoms with Gasteiger partial charge in [0.15, 0.2) is 0 Å². The minimum Gasteiger partial charge on any atom is -0.495 e. The van der Waals surface area contributed by atoms with Crippen LogP contribution in [0.3, 0.4) is 0 Å². The third-order valence-electron chi connectivity index (χ3n) is 6.66. The highest BCUT2D eigenvalue weighted by Gasteiger charge is 2.34. The van der Waals surface area contributed by atoms with E-state index < -0.39 is 10.0 Å². The first-order chi connectivity index (χ1) is 15.7. The molecule has 186 valence electrons. The Labute approximate surface area is 199 Å². The molecule has 0 radical (unpaired) electrons. The molecule has 2 saturated heterocycles. The molecule has 2 aliphatic heterocycles. The number of likely N-dealkylation sites (N-methyl/N-ethyl adjacent to an activating group) is 1. The molecule has 3 rings (SSSR count). The largest absolute Gasteiger partial charge is 0.495 e. The van der Waals surface area contributed by atoms with Gasteiger partial charge in [-0.25, -0.2) is 8.42 Å². The van der Waals surface area contributed by atoms with Crippen molar-refractivity contribution in [1.29, 1.82) is 0 Å². The maximum Gasteiger partial charge on any atom is 0.251 e. The quantitative estimate of drug-likeness (QED) is 0.545. The lowest BCUT2D eigenvalue weighted by molar-refractivity contribution is 0.0951. The van der Waals surface area contributed by atoms with Gasteiger partial charge in [0.05, 0.1) is 7.11 Å². The Morgan fingerprint density at radius 1 is 1.09 bits per heavy atom. The zero-order chi connectivity index (χ0) is 24.0. The van der Waals surface area contributed by atoms with Crippen molar-refractivity contribution in [2.24, 2.45) is 11.8 Å². The SMILES string of the molecule is COc1ccc(C(=O)NCCCCN2CCN(C)CC2)cc1S(=O)(=O)N1CC(C)CC(C)C1. The number of nitrogens with zero attached hydrogens (tertiary/aromatic N) is 3. The molecule has 1 amide bonds. The smallest absolute Gasteiger partial charge is 0.251 e. The minimum atomic E-state index is -3.75. The van der Waals surface area contributed by atoms with Gasteiger partial charge in [-0.3, -0.25) is 4.79 Å². The van der Waals surface area contributed by atoms with Gasteiger partial charge in [-0.1, -0.05) is 13.8 Å². The number of rotatable bonds is 9. The van der Waals surface area contributed by atoms with Crippen LogP contribution in [0.4, 0.5) is 0 Å². The number of unbranched alkanes of at least 4 members (excludes halogenated alkanes) is 1. The number of methoxy groups -OCH3 is 1. The maximum absolute atomic E-state index is 13.4. The van der Waals surface area contributed by atoms with Gasteiger partial charge in [-0.2, -0.15) is 4.31 Å². The zero-order valence-corrected chi connectivity index (χ0v) is 21.4. The normalized spacial score (nSPS) is 23.4. The fourth-order valence-electron chi connectivity index (χ4n) is 4.80. The second kappa shape index (κ2) is 11.6. The van der Waals surface area contributed by atoms with Crippen LogP contribution in [-0.2, 0) is 10.0 Å². The van der Waals surface area contributed by atoms with Crippen LogP contribution < -0.4 is 10.1 Å². The van der Waals surface area contributed by atoms with Crippen molar-refractivity contribution in [2.45, 2.75) is 38.0 Å². The standard InChI is InChI=1S/C24H40N4O4S/c1-19-15-20(2)18-28(17-19)33(30,31)23-16-21(7-8-22(23)32-4)24(29)25-9-5-6-10-27-13-11-26(3)12-14-27/h7-8,16,19-20H,5-6,9-15,17-18H2,1-4H3,(H,25,29). The Hall–Kier alpha value is -1.68. The summed E-state index contributed by atoms with van der Waals surface area (Å²) in [5, 5.41) is 2.94. The molecule has 0 aliphatic carbocycles. The number of piperidine rings is 1. The van der Waals surface area contributed by atoms with Gasteiger partial charge in [-0.15, -0.1) is 0 Å². The lowest BCUT2D eigenvalue weighted by Gasteiger charge is -2.34. The zero-order valence-electron chi connectivity index (χ0n) is 20.5. The molecule has 2 heterocycles. The lowest BCUT2D eigenvalue weighted by atomic mass is 9.94. The topological polar surface area (TPSA) is 82.2 Å². The van der Waals surface area contributed by atoms with E-state index in [-0.39, 0.29) is 16.6 Å². The summed E-state index contributed by atoms with van der Waals surface area (Å²) < 4.78 is 33.7. The van der Waals surface area contributed by atoms with Crippen LogP contribution in [0.1, 0.15) is 43.5 Å². The molecule has 0 spiro atoms. The monoisotopic (exact) mass is 480 g/mol. The number of nitrogens with one attached hydrogen (secondary N) is 1. The van der Waals surface area contributed by atoms with Gasteiger partial charge >= 0.3 is 0 Å². The molecule has 0 bridgehead atoms. The van der Waals surface area contributed by atoms with Crippen molar-refractivity contribution in [3.8, 4) is 5.75 Å². The molecule has 0 saturated carbocycles. The minimum absolute atomic E-state index is 0.0639. The molecule has 2 fully saturated rings. The molecule has 2 aliphatic rings. The van der Waals surface area contributed by atoms with Crippen LogP contribution in [0.2, 0.25) is 0 Å². The third kappa shape index (κ3) is 6.91. The van der Waals surface area contributed by atoms with Crippen LogP contribution >= 0.6 is 0 Å². The van der Waals surface area contributed by atoms with Crippen molar-refractivity contribution < 1.29 is 17.9 Å². The predicted molar refractivity (Wildman–Crippen MR) is 130 cm³/mol. The number of sulfonamides is 1. The maximum atomic E-state index is 13.4. The second-order valence-electron chi connectivity index (χ2n) is 9.74. The Kier molecular flexibility index (Phi) is 9.15. The van der Waals surface area contributed by atoms with Gasteiger partial charge in [-0.05, 0) is 62.9 Å². The van der Waals surface area contributed by atoms with E-state index in [1.807, 2.05) is 0 Å². The molecular formula is C24H40N4O4S. The summed E-state index contributed by atoms with van der Waals surface area (Å²) in [5.41, 5.74) is 0.339. The molecule has 2 unspecified atom stereocenters. The number of amides is 1. The Morgan fingerprint density at radius 3 is 2.39 bits per heavy atom. The van der Waals surface area contributed by atoms with E-state index in [0.29, 0.717) is 37.0 Å². The van der Waals surface area contributed by atoms with E-state index in [4.69, 9.17) is 4.74 Å². The fraction of sp³-hybridized carbons (Fsp3) is 0.708. The summed E-state index contributed by atoms with van der Waals surface area (Å²) in [6.45, 7) is 11.1.